The molecule has 0 saturated carbocycles. The number of benzene rings is 2. The van der Waals surface area contributed by atoms with Gasteiger partial charge in [0, 0.05) is 229 Å². The molecule has 2 rings (SSSR count). The summed E-state index contributed by atoms with van der Waals surface area (Å²) in [7, 11) is 0. The van der Waals surface area contributed by atoms with Crippen molar-refractivity contribution in [2.45, 2.75) is 6.92 Å². The van der Waals surface area contributed by atoms with Crippen molar-refractivity contribution in [1.82, 2.24) is 0 Å². The number of fused-ring (bicyclic) bond motifs is 1. The SMILES string of the molecule is C=c1[c-]c(C)c(=C)c2ccccc12.[Y].[Y].[Y].[Y].[Y].[Y].[Y]. The maximum Gasteiger partial charge on any atom is 0 e. The Morgan fingerprint density at radius 1 is 0.750 bits per heavy atom. The van der Waals surface area contributed by atoms with Gasteiger partial charge in [0.1, 0.15) is 0 Å². The molecule has 0 aliphatic carbocycles. The van der Waals surface area contributed by atoms with Gasteiger partial charge in [-0.3, -0.25) is 0 Å². The van der Waals surface area contributed by atoms with Gasteiger partial charge in [-0.05, 0) is 0 Å². The van der Waals surface area contributed by atoms with Crippen LogP contribution in [0.5, 0.6) is 0 Å². The average molecular weight is 790 g/mol. The molecular weight excluding hydrogens is 778 g/mol. The van der Waals surface area contributed by atoms with E-state index in [1.54, 1.807) is 0 Å². The third-order valence-corrected chi connectivity index (χ3v) is 2.37. The van der Waals surface area contributed by atoms with Crippen LogP contribution in [-0.2, 0) is 229 Å². The average Bonchev–Trinajstić information content (AvgIpc) is 2.15. The van der Waals surface area contributed by atoms with Crippen LogP contribution in [0, 0.1) is 13.0 Å². The van der Waals surface area contributed by atoms with E-state index in [9.17, 15) is 0 Å². The van der Waals surface area contributed by atoms with E-state index in [0.717, 1.165) is 21.4 Å². The van der Waals surface area contributed by atoms with E-state index in [4.69, 9.17) is 0 Å². The van der Waals surface area contributed by atoms with Crippen molar-refractivity contribution in [3.05, 3.63) is 46.3 Å². The van der Waals surface area contributed by atoms with Crippen molar-refractivity contribution in [3.8, 4) is 0 Å². The number of aryl methyl sites for hydroxylation is 1. The molecule has 0 aliphatic rings. The monoisotopic (exact) mass is 789 g/mol. The third-order valence-electron chi connectivity index (χ3n) is 2.37. The minimum atomic E-state index is 0. The Balaban J connectivity index is -0.0000000700. The van der Waals surface area contributed by atoms with Crippen molar-refractivity contribution in [2.75, 3.05) is 0 Å². The van der Waals surface area contributed by atoms with Gasteiger partial charge < -0.3 is 0 Å². The Hall–Kier alpha value is 6.17. The van der Waals surface area contributed by atoms with Crippen molar-refractivity contribution in [3.63, 3.8) is 0 Å². The second-order valence-electron chi connectivity index (χ2n) is 3.25. The molecule has 0 nitrogen and oxygen atoms in total. The molecule has 0 atom stereocenters. The van der Waals surface area contributed by atoms with E-state index < -0.39 is 0 Å². The molecule has 7 radical (unpaired) electrons. The summed E-state index contributed by atoms with van der Waals surface area (Å²) >= 11 is 0. The van der Waals surface area contributed by atoms with Gasteiger partial charge in [-0.1, -0.05) is 36.6 Å². The minimum Gasteiger partial charge on any atom is -0.171 e. The Kier molecular flexibility index (Phi) is 43.7. The second-order valence-corrected chi connectivity index (χ2v) is 3.25. The van der Waals surface area contributed by atoms with E-state index in [1.165, 1.54) is 5.39 Å². The van der Waals surface area contributed by atoms with E-state index >= 15 is 0 Å². The fourth-order valence-electron chi connectivity index (χ4n) is 1.58. The number of hydrogen-bond donors (Lipinski definition) is 0. The van der Waals surface area contributed by atoms with Crippen molar-refractivity contribution < 1.29 is 229 Å². The first-order chi connectivity index (χ1) is 6.20. The van der Waals surface area contributed by atoms with Gasteiger partial charge in [-0.15, -0.1) is 34.0 Å². The summed E-state index contributed by atoms with van der Waals surface area (Å²) in [4.78, 5) is 0. The fraction of sp³-hybridized carbons (Fsp3) is 0.0769. The molecule has 85 valence electrons. The van der Waals surface area contributed by atoms with Crippen LogP contribution in [0.2, 0.25) is 0 Å². The van der Waals surface area contributed by atoms with Crippen molar-refractivity contribution in [2.24, 2.45) is 0 Å². The van der Waals surface area contributed by atoms with E-state index in [2.05, 4.69) is 31.4 Å². The van der Waals surface area contributed by atoms with Crippen molar-refractivity contribution in [1.29, 1.82) is 0 Å². The molecule has 0 aromatic heterocycles. The first kappa shape index (κ1) is 40.8. The second kappa shape index (κ2) is 21.5. The van der Waals surface area contributed by atoms with Crippen LogP contribution in [0.3, 0.4) is 0 Å². The molecular formula is C13H11Y7-. The zero-order chi connectivity index (χ0) is 9.42. The minimum absolute atomic E-state index is 0. The van der Waals surface area contributed by atoms with Crippen molar-refractivity contribution >= 4 is 23.9 Å². The van der Waals surface area contributed by atoms with Gasteiger partial charge in [0.05, 0.1) is 0 Å². The van der Waals surface area contributed by atoms with Gasteiger partial charge in [0.2, 0.25) is 0 Å². The summed E-state index contributed by atoms with van der Waals surface area (Å²) in [6.45, 7) is 10.0. The molecule has 20 heavy (non-hydrogen) atoms. The van der Waals surface area contributed by atoms with Gasteiger partial charge in [0.15, 0.2) is 0 Å². The van der Waals surface area contributed by atoms with Crippen LogP contribution in [-0.4, -0.2) is 0 Å². The van der Waals surface area contributed by atoms with Crippen LogP contribution in [0.1, 0.15) is 5.56 Å². The van der Waals surface area contributed by atoms with Crippen LogP contribution in [0.15, 0.2) is 24.3 Å². The molecule has 0 aliphatic heterocycles. The molecule has 0 bridgehead atoms. The van der Waals surface area contributed by atoms with Gasteiger partial charge >= 0.3 is 0 Å². The summed E-state index contributed by atoms with van der Waals surface area (Å²) in [6.07, 6.45) is 0. The molecule has 0 saturated heterocycles. The molecule has 2 aromatic rings. The predicted molar refractivity (Wildman–Crippen MR) is 57.8 cm³/mol. The molecule has 0 unspecified atom stereocenters. The van der Waals surface area contributed by atoms with Crippen LogP contribution < -0.4 is 10.4 Å². The molecule has 0 heterocycles. The Bertz CT molecular complexity index is 569. The summed E-state index contributed by atoms with van der Waals surface area (Å²) in [5.41, 5.74) is 1.09. The maximum atomic E-state index is 4.03. The van der Waals surface area contributed by atoms with Crippen LogP contribution in [0.4, 0.5) is 0 Å². The largest absolute Gasteiger partial charge is 0.171 e. The molecule has 0 spiro atoms. The molecule has 0 amide bonds. The van der Waals surface area contributed by atoms with Gasteiger partial charge in [0.25, 0.3) is 0 Å². The summed E-state index contributed by atoms with van der Waals surface area (Å²) < 4.78 is 0. The van der Waals surface area contributed by atoms with E-state index in [-0.39, 0.29) is 229 Å². The predicted octanol–water partition coefficient (Wildman–Crippen LogP) is 1.75. The fourth-order valence-corrected chi connectivity index (χ4v) is 1.58. The summed E-state index contributed by atoms with van der Waals surface area (Å²) in [5, 5.41) is 4.35. The van der Waals surface area contributed by atoms with Crippen LogP contribution in [0.25, 0.3) is 23.9 Å². The van der Waals surface area contributed by atoms with Crippen LogP contribution >= 0.6 is 0 Å². The van der Waals surface area contributed by atoms with Gasteiger partial charge in [-0.2, -0.15) is 6.58 Å². The summed E-state index contributed by atoms with van der Waals surface area (Å²) in [5.74, 6) is 0. The normalized spacial score (nSPS) is 6.85. The molecule has 2 aromatic carbocycles. The maximum absolute atomic E-state index is 4.03. The first-order valence-electron chi connectivity index (χ1n) is 4.28. The zero-order valence-electron chi connectivity index (χ0n) is 11.8. The molecule has 0 N–H and O–H groups in total. The Morgan fingerprint density at radius 3 is 1.60 bits per heavy atom. The number of hydrogen-bond acceptors (Lipinski definition) is 0. The topological polar surface area (TPSA) is 0 Å². The third kappa shape index (κ3) is 11.8. The smallest absolute Gasteiger partial charge is 0 e. The Morgan fingerprint density at radius 2 is 1.15 bits per heavy atom. The number of rotatable bonds is 0. The quantitative estimate of drug-likeness (QED) is 0.358. The standard InChI is InChI=1S/C13H11.7Y/c1-9-8-10(2)12-6-4-5-7-13(12)11(9)3;;;;;;;/h4-7H,2-3H2,1H3;;;;;;;/q-1;;;;;;;. The zero-order valence-corrected chi connectivity index (χ0v) is 31.6. The van der Waals surface area contributed by atoms with E-state index in [1.807, 2.05) is 19.1 Å². The van der Waals surface area contributed by atoms with E-state index in [0.29, 0.717) is 0 Å². The van der Waals surface area contributed by atoms with Gasteiger partial charge in [-0.25, -0.2) is 0 Å². The first-order valence-corrected chi connectivity index (χ1v) is 4.28. The Labute approximate surface area is 298 Å². The molecule has 7 heteroatoms. The molecule has 0 fully saturated rings. The summed E-state index contributed by atoms with van der Waals surface area (Å²) in [6, 6.07) is 11.4.